The van der Waals surface area contributed by atoms with Gasteiger partial charge in [0.2, 0.25) is 11.8 Å². The SMILES string of the molecule is O=C1CCC(N2Cc3cc(OCC4CCCCN4Cc4ccccc4OCC(=O)N4CCCCC4)ccc3C2=O)C(=O)N1. The number of fused-ring (bicyclic) bond motifs is 1. The number of piperidine rings is 3. The number of imide groups is 1. The minimum absolute atomic E-state index is 0.0510. The van der Waals surface area contributed by atoms with E-state index in [1.807, 2.05) is 35.2 Å². The molecule has 2 unspecified atom stereocenters. The lowest BCUT2D eigenvalue weighted by Crippen LogP contribution is -2.52. The van der Waals surface area contributed by atoms with Gasteiger partial charge in [0.15, 0.2) is 6.61 Å². The first kappa shape index (κ1) is 29.2. The van der Waals surface area contributed by atoms with Crippen LogP contribution >= 0.6 is 0 Å². The number of carbonyl (C=O) groups excluding carboxylic acids is 4. The van der Waals surface area contributed by atoms with Crippen LogP contribution in [0.25, 0.3) is 0 Å². The molecule has 0 aliphatic carbocycles. The van der Waals surface area contributed by atoms with Crippen LogP contribution in [-0.2, 0) is 27.5 Å². The highest BCUT2D eigenvalue weighted by atomic mass is 16.5. The van der Waals surface area contributed by atoms with Gasteiger partial charge in [-0.2, -0.15) is 0 Å². The van der Waals surface area contributed by atoms with Gasteiger partial charge in [-0.1, -0.05) is 24.6 Å². The maximum Gasteiger partial charge on any atom is 0.260 e. The molecule has 2 aromatic carbocycles. The van der Waals surface area contributed by atoms with Crippen molar-refractivity contribution in [3.05, 3.63) is 59.2 Å². The Hall–Kier alpha value is -3.92. The monoisotopic (exact) mass is 588 g/mol. The fourth-order valence-electron chi connectivity index (χ4n) is 6.66. The van der Waals surface area contributed by atoms with E-state index in [-0.39, 0.29) is 36.8 Å². The highest BCUT2D eigenvalue weighted by Gasteiger charge is 2.39. The van der Waals surface area contributed by atoms with Crippen molar-refractivity contribution < 1.29 is 28.7 Å². The highest BCUT2D eigenvalue weighted by Crippen LogP contribution is 2.31. The van der Waals surface area contributed by atoms with Crippen LogP contribution in [0.4, 0.5) is 0 Å². The molecule has 2 atom stereocenters. The summed E-state index contributed by atoms with van der Waals surface area (Å²) in [5.41, 5.74) is 2.47. The van der Waals surface area contributed by atoms with Gasteiger partial charge >= 0.3 is 0 Å². The third-order valence-electron chi connectivity index (χ3n) is 9.09. The number of carbonyl (C=O) groups is 4. The fraction of sp³-hybridized carbons (Fsp3) is 0.515. The third kappa shape index (κ3) is 6.69. The largest absolute Gasteiger partial charge is 0.492 e. The highest BCUT2D eigenvalue weighted by molar-refractivity contribution is 6.05. The van der Waals surface area contributed by atoms with Gasteiger partial charge in [0.25, 0.3) is 11.8 Å². The van der Waals surface area contributed by atoms with Gasteiger partial charge in [-0.3, -0.25) is 29.4 Å². The number of ether oxygens (including phenoxy) is 2. The second kappa shape index (κ2) is 13.2. The van der Waals surface area contributed by atoms with Gasteiger partial charge in [-0.15, -0.1) is 0 Å². The molecule has 2 aromatic rings. The Bertz CT molecular complexity index is 1370. The predicted molar refractivity (Wildman–Crippen MR) is 158 cm³/mol. The maximum absolute atomic E-state index is 13.0. The van der Waals surface area contributed by atoms with E-state index < -0.39 is 11.9 Å². The summed E-state index contributed by atoms with van der Waals surface area (Å²) in [7, 11) is 0. The number of para-hydroxylation sites is 1. The number of rotatable bonds is 9. The van der Waals surface area contributed by atoms with E-state index in [1.165, 1.54) is 6.42 Å². The summed E-state index contributed by atoms with van der Waals surface area (Å²) in [6.45, 7) is 4.20. The first-order chi connectivity index (χ1) is 21.0. The zero-order valence-corrected chi connectivity index (χ0v) is 24.6. The number of hydrogen-bond acceptors (Lipinski definition) is 7. The molecule has 3 saturated heterocycles. The van der Waals surface area contributed by atoms with E-state index in [1.54, 1.807) is 11.0 Å². The van der Waals surface area contributed by atoms with Crippen LogP contribution in [0.5, 0.6) is 11.5 Å². The number of nitrogens with zero attached hydrogens (tertiary/aromatic N) is 3. The third-order valence-corrected chi connectivity index (χ3v) is 9.09. The van der Waals surface area contributed by atoms with Crippen molar-refractivity contribution in [2.24, 2.45) is 0 Å². The van der Waals surface area contributed by atoms with Crippen LogP contribution in [0.3, 0.4) is 0 Å². The molecule has 0 aromatic heterocycles. The zero-order valence-electron chi connectivity index (χ0n) is 24.6. The smallest absolute Gasteiger partial charge is 0.260 e. The van der Waals surface area contributed by atoms with Crippen molar-refractivity contribution in [2.75, 3.05) is 32.8 Å². The van der Waals surface area contributed by atoms with Crippen molar-refractivity contribution in [3.63, 3.8) is 0 Å². The molecule has 4 aliphatic rings. The van der Waals surface area contributed by atoms with Crippen LogP contribution in [-0.4, -0.2) is 83.3 Å². The summed E-state index contributed by atoms with van der Waals surface area (Å²) >= 11 is 0. The van der Waals surface area contributed by atoms with Crippen molar-refractivity contribution in [1.29, 1.82) is 0 Å². The van der Waals surface area contributed by atoms with E-state index in [4.69, 9.17) is 9.47 Å². The first-order valence-corrected chi connectivity index (χ1v) is 15.6. The summed E-state index contributed by atoms with van der Waals surface area (Å²) in [6.07, 6.45) is 7.14. The van der Waals surface area contributed by atoms with Gasteiger partial charge in [0.05, 0.1) is 0 Å². The molecule has 6 rings (SSSR count). The fourth-order valence-corrected chi connectivity index (χ4v) is 6.66. The molecule has 4 aliphatic heterocycles. The van der Waals surface area contributed by atoms with Gasteiger partial charge in [-0.05, 0) is 74.9 Å². The zero-order chi connectivity index (χ0) is 29.8. The van der Waals surface area contributed by atoms with Gasteiger partial charge < -0.3 is 19.3 Å². The molecule has 3 fully saturated rings. The summed E-state index contributed by atoms with van der Waals surface area (Å²) in [5.74, 6) is 0.607. The van der Waals surface area contributed by atoms with Crippen molar-refractivity contribution in [2.45, 2.75) is 76.5 Å². The molecule has 0 saturated carbocycles. The predicted octanol–water partition coefficient (Wildman–Crippen LogP) is 3.27. The van der Waals surface area contributed by atoms with E-state index in [2.05, 4.69) is 16.3 Å². The first-order valence-electron chi connectivity index (χ1n) is 15.6. The molecule has 10 heteroatoms. The normalized spacial score (nSPS) is 22.7. The number of likely N-dealkylation sites (tertiary alicyclic amines) is 2. The summed E-state index contributed by atoms with van der Waals surface area (Å²) < 4.78 is 12.3. The molecule has 1 N–H and O–H groups in total. The van der Waals surface area contributed by atoms with Crippen molar-refractivity contribution in [3.8, 4) is 11.5 Å². The number of benzene rings is 2. The van der Waals surface area contributed by atoms with Crippen LogP contribution in [0.15, 0.2) is 42.5 Å². The summed E-state index contributed by atoms with van der Waals surface area (Å²) in [4.78, 5) is 55.5. The molecular formula is C33H40N4O6. The van der Waals surface area contributed by atoms with E-state index in [0.717, 1.165) is 68.6 Å². The van der Waals surface area contributed by atoms with E-state index in [9.17, 15) is 19.2 Å². The molecule has 228 valence electrons. The van der Waals surface area contributed by atoms with Crippen molar-refractivity contribution in [1.82, 2.24) is 20.0 Å². The maximum atomic E-state index is 13.0. The molecule has 43 heavy (non-hydrogen) atoms. The van der Waals surface area contributed by atoms with Crippen LogP contribution in [0.2, 0.25) is 0 Å². The Morgan fingerprint density at radius 1 is 0.907 bits per heavy atom. The second-order valence-electron chi connectivity index (χ2n) is 12.0. The Morgan fingerprint density at radius 3 is 2.56 bits per heavy atom. The number of hydrogen-bond donors (Lipinski definition) is 1. The Balaban J connectivity index is 1.06. The molecule has 4 heterocycles. The average Bonchev–Trinajstić information content (AvgIpc) is 3.35. The van der Waals surface area contributed by atoms with Crippen molar-refractivity contribution >= 4 is 23.6 Å². The van der Waals surface area contributed by atoms with Gasteiger partial charge in [0, 0.05) is 49.8 Å². The summed E-state index contributed by atoms with van der Waals surface area (Å²) in [5, 5.41) is 2.35. The molecule has 10 nitrogen and oxygen atoms in total. The lowest BCUT2D eigenvalue weighted by atomic mass is 10.0. The molecule has 0 spiro atoms. The second-order valence-corrected chi connectivity index (χ2v) is 12.0. The van der Waals surface area contributed by atoms with Gasteiger partial charge in [-0.25, -0.2) is 0 Å². The molecule has 0 radical (unpaired) electrons. The quantitative estimate of drug-likeness (QED) is 0.448. The number of amides is 4. The van der Waals surface area contributed by atoms with E-state index in [0.29, 0.717) is 37.4 Å². The Labute approximate surface area is 252 Å². The standard InChI is InChI=1S/C33H40N4O6/c38-30-14-13-28(32(40)34-30)37-20-24-18-26(11-12-27(24)33(37)41)42-21-25-9-4-7-17-36(25)19-23-8-2-3-10-29(23)43-22-31(39)35-15-5-1-6-16-35/h2-3,8,10-12,18,25,28H,1,4-7,9,13-17,19-22H2,(H,34,38,40). The van der Waals surface area contributed by atoms with Crippen LogP contribution in [0, 0.1) is 0 Å². The topological polar surface area (TPSA) is 108 Å². The minimum atomic E-state index is -0.632. The Morgan fingerprint density at radius 2 is 1.72 bits per heavy atom. The minimum Gasteiger partial charge on any atom is -0.492 e. The van der Waals surface area contributed by atoms with E-state index >= 15 is 0 Å². The molecule has 0 bridgehead atoms. The summed E-state index contributed by atoms with van der Waals surface area (Å²) in [6, 6.07) is 13.0. The Kier molecular flexibility index (Phi) is 8.92. The van der Waals surface area contributed by atoms with Crippen LogP contribution in [0.1, 0.15) is 72.9 Å². The molecule has 4 amide bonds. The molecular weight excluding hydrogens is 548 g/mol. The number of nitrogens with one attached hydrogen (secondary N) is 1. The van der Waals surface area contributed by atoms with Crippen LogP contribution < -0.4 is 14.8 Å². The average molecular weight is 589 g/mol. The van der Waals surface area contributed by atoms with Gasteiger partial charge in [0.1, 0.15) is 24.1 Å². The lowest BCUT2D eigenvalue weighted by Gasteiger charge is -2.36. The lowest BCUT2D eigenvalue weighted by molar-refractivity contribution is -0.137.